The van der Waals surface area contributed by atoms with E-state index < -0.39 is 0 Å². The van der Waals surface area contributed by atoms with Gasteiger partial charge < -0.3 is 16.4 Å². The van der Waals surface area contributed by atoms with Gasteiger partial charge in [-0.1, -0.05) is 12.1 Å². The summed E-state index contributed by atoms with van der Waals surface area (Å²) in [6, 6.07) is 8.71. The monoisotopic (exact) mass is 243 g/mol. The van der Waals surface area contributed by atoms with Crippen molar-refractivity contribution in [3.05, 3.63) is 48.3 Å². The van der Waals surface area contributed by atoms with Crippen molar-refractivity contribution in [3.63, 3.8) is 0 Å². The van der Waals surface area contributed by atoms with Crippen molar-refractivity contribution in [2.45, 2.75) is 0 Å². The van der Waals surface area contributed by atoms with E-state index >= 15 is 0 Å². The lowest BCUT2D eigenvalue weighted by Crippen LogP contribution is -2.32. The molecule has 2 aromatic rings. The van der Waals surface area contributed by atoms with Crippen LogP contribution in [0.2, 0.25) is 0 Å². The minimum Gasteiger partial charge on any atom is -0.508 e. The molecule has 0 aliphatic carbocycles. The van der Waals surface area contributed by atoms with Gasteiger partial charge in [-0.05, 0) is 23.8 Å². The van der Waals surface area contributed by atoms with Gasteiger partial charge in [0.05, 0.1) is 0 Å². The van der Waals surface area contributed by atoms with E-state index in [4.69, 9.17) is 11.7 Å². The average molecular weight is 243 g/mol. The maximum Gasteiger partial charge on any atom is 0.168 e. The zero-order valence-corrected chi connectivity index (χ0v) is 9.54. The quantitative estimate of drug-likeness (QED) is 0.266. The molecular weight excluding hydrogens is 230 g/mol. The van der Waals surface area contributed by atoms with E-state index in [9.17, 15) is 5.11 Å². The smallest absolute Gasteiger partial charge is 0.168 e. The van der Waals surface area contributed by atoms with Crippen LogP contribution in [-0.2, 0) is 0 Å². The first-order valence-corrected chi connectivity index (χ1v) is 5.24. The molecule has 0 atom stereocenters. The maximum atomic E-state index is 9.45. The number of hydrogen-bond acceptors (Lipinski definition) is 5. The second-order valence-corrected chi connectivity index (χ2v) is 3.63. The molecule has 1 aromatic carbocycles. The van der Waals surface area contributed by atoms with Crippen LogP contribution in [0.25, 0.3) is 11.1 Å². The Morgan fingerprint density at radius 1 is 1.22 bits per heavy atom. The Kier molecular flexibility index (Phi) is 3.40. The molecule has 0 saturated heterocycles. The Labute approximate surface area is 104 Å². The van der Waals surface area contributed by atoms with E-state index in [1.165, 1.54) is 0 Å². The largest absolute Gasteiger partial charge is 0.508 e. The van der Waals surface area contributed by atoms with Crippen LogP contribution < -0.4 is 17.1 Å². The third-order valence-electron chi connectivity index (χ3n) is 2.46. The number of nitrogens with one attached hydrogen (secondary N) is 1. The molecule has 6 heteroatoms. The third-order valence-corrected chi connectivity index (χ3v) is 2.46. The van der Waals surface area contributed by atoms with Crippen molar-refractivity contribution < 1.29 is 5.11 Å². The fraction of sp³-hybridized carbons (Fsp3) is 0. The molecule has 0 saturated carbocycles. The predicted molar refractivity (Wildman–Crippen MR) is 69.4 cm³/mol. The Morgan fingerprint density at radius 2 is 2.06 bits per heavy atom. The van der Waals surface area contributed by atoms with E-state index in [0.29, 0.717) is 11.4 Å². The van der Waals surface area contributed by atoms with Crippen LogP contribution in [0.3, 0.4) is 0 Å². The molecule has 6 N–H and O–H groups in total. The van der Waals surface area contributed by atoms with E-state index in [2.05, 4.69) is 15.5 Å². The van der Waals surface area contributed by atoms with Crippen LogP contribution in [0, 0.1) is 0 Å². The van der Waals surface area contributed by atoms with Crippen molar-refractivity contribution >= 4 is 5.84 Å². The summed E-state index contributed by atoms with van der Waals surface area (Å²) in [5.74, 6) is 11.0. The average Bonchev–Trinajstić information content (AvgIpc) is 2.41. The minimum absolute atomic E-state index is 0.197. The third kappa shape index (κ3) is 2.38. The second-order valence-electron chi connectivity index (χ2n) is 3.63. The molecule has 0 bridgehead atoms. The summed E-state index contributed by atoms with van der Waals surface area (Å²) in [6.07, 6.45) is 3.28. The van der Waals surface area contributed by atoms with Gasteiger partial charge in [-0.3, -0.25) is 4.98 Å². The number of aromatic hydroxyl groups is 1. The number of rotatable bonds is 2. The van der Waals surface area contributed by atoms with Crippen LogP contribution in [0.5, 0.6) is 5.75 Å². The Hall–Kier alpha value is -2.60. The number of phenols is 1. The Balaban J connectivity index is 2.44. The van der Waals surface area contributed by atoms with Gasteiger partial charge in [0.25, 0.3) is 0 Å². The van der Waals surface area contributed by atoms with Crippen molar-refractivity contribution in [2.75, 3.05) is 0 Å². The van der Waals surface area contributed by atoms with Gasteiger partial charge in [-0.15, -0.1) is 0 Å². The highest BCUT2D eigenvalue weighted by molar-refractivity contribution is 5.98. The highest BCUT2D eigenvalue weighted by Gasteiger charge is 2.05. The highest BCUT2D eigenvalue weighted by Crippen LogP contribution is 2.23. The second kappa shape index (κ2) is 5.15. The molecule has 0 aliphatic rings. The number of hydrazine groups is 1. The normalized spacial score (nSPS) is 11.3. The summed E-state index contributed by atoms with van der Waals surface area (Å²) >= 11 is 0. The number of hydrazone groups is 1. The molecule has 1 aromatic heterocycles. The molecule has 6 nitrogen and oxygen atoms in total. The first-order chi connectivity index (χ1) is 8.74. The minimum atomic E-state index is 0.197. The summed E-state index contributed by atoms with van der Waals surface area (Å²) in [5.41, 5.74) is 4.74. The molecule has 18 heavy (non-hydrogen) atoms. The Morgan fingerprint density at radius 3 is 2.72 bits per heavy atom. The summed E-state index contributed by atoms with van der Waals surface area (Å²) in [7, 11) is 0. The van der Waals surface area contributed by atoms with E-state index in [1.54, 1.807) is 30.6 Å². The number of hydrogen-bond donors (Lipinski definition) is 4. The summed E-state index contributed by atoms with van der Waals surface area (Å²) in [4.78, 5) is 4.09. The fourth-order valence-electron chi connectivity index (χ4n) is 1.61. The molecule has 92 valence electrons. The highest BCUT2D eigenvalue weighted by atomic mass is 16.3. The number of phenolic OH excluding ortho intramolecular Hbond substituents is 1. The van der Waals surface area contributed by atoms with Crippen LogP contribution in [0.4, 0.5) is 0 Å². The lowest BCUT2D eigenvalue weighted by molar-refractivity contribution is 0.475. The van der Waals surface area contributed by atoms with Crippen LogP contribution in [0.1, 0.15) is 5.56 Å². The first-order valence-electron chi connectivity index (χ1n) is 5.24. The number of nitrogens with zero attached hydrogens (tertiary/aromatic N) is 2. The van der Waals surface area contributed by atoms with E-state index in [-0.39, 0.29) is 5.75 Å². The maximum absolute atomic E-state index is 9.45. The lowest BCUT2D eigenvalue weighted by atomic mass is 10.1. The molecule has 0 fully saturated rings. The molecule has 0 radical (unpaired) electrons. The zero-order valence-electron chi connectivity index (χ0n) is 9.54. The number of amidine groups is 1. The summed E-state index contributed by atoms with van der Waals surface area (Å²) < 4.78 is 0. The van der Waals surface area contributed by atoms with Gasteiger partial charge >= 0.3 is 0 Å². The van der Waals surface area contributed by atoms with Gasteiger partial charge in [0.15, 0.2) is 5.84 Å². The first kappa shape index (κ1) is 11.9. The molecule has 0 spiro atoms. The van der Waals surface area contributed by atoms with E-state index in [1.807, 2.05) is 12.1 Å². The molecule has 0 aliphatic heterocycles. The molecule has 0 unspecified atom stereocenters. The van der Waals surface area contributed by atoms with E-state index in [0.717, 1.165) is 11.1 Å². The SMILES string of the molecule is N/N=C(\NN)c1cncc(-c2cccc(O)c2)c1. The lowest BCUT2D eigenvalue weighted by Gasteiger charge is -2.06. The summed E-state index contributed by atoms with van der Waals surface area (Å²) in [6.45, 7) is 0. The fourth-order valence-corrected chi connectivity index (χ4v) is 1.61. The van der Waals surface area contributed by atoms with Crippen molar-refractivity contribution in [1.29, 1.82) is 0 Å². The van der Waals surface area contributed by atoms with Gasteiger partial charge in [-0.2, -0.15) is 5.10 Å². The molecular formula is C12H13N5O. The molecule has 0 amide bonds. The molecule has 2 rings (SSSR count). The Bertz CT molecular complexity index is 582. The predicted octanol–water partition coefficient (Wildman–Crippen LogP) is 0.538. The van der Waals surface area contributed by atoms with Crippen molar-refractivity contribution in [3.8, 4) is 16.9 Å². The van der Waals surface area contributed by atoms with Crippen LogP contribution in [-0.4, -0.2) is 15.9 Å². The summed E-state index contributed by atoms with van der Waals surface area (Å²) in [5, 5.41) is 13.0. The zero-order chi connectivity index (χ0) is 13.0. The topological polar surface area (TPSA) is 110 Å². The van der Waals surface area contributed by atoms with Crippen molar-refractivity contribution in [2.24, 2.45) is 16.8 Å². The van der Waals surface area contributed by atoms with Crippen LogP contribution >= 0.6 is 0 Å². The van der Waals surface area contributed by atoms with Crippen molar-refractivity contribution in [1.82, 2.24) is 10.4 Å². The number of aromatic nitrogens is 1. The van der Waals surface area contributed by atoms with Gasteiger partial charge in [-0.25, -0.2) is 5.84 Å². The number of benzene rings is 1. The molecule has 1 heterocycles. The number of nitrogens with two attached hydrogens (primary N) is 2. The van der Waals surface area contributed by atoms with Gasteiger partial charge in [0, 0.05) is 23.5 Å². The standard InChI is InChI=1S/C12H13N5O/c13-16-12(17-14)10-4-9(6-15-7-10)8-2-1-3-11(18)5-8/h1-7,18H,13-14H2,(H,16,17). The van der Waals surface area contributed by atoms with Gasteiger partial charge in [0.1, 0.15) is 5.75 Å². The number of pyridine rings is 1. The van der Waals surface area contributed by atoms with Crippen LogP contribution in [0.15, 0.2) is 47.8 Å². The van der Waals surface area contributed by atoms with Gasteiger partial charge in [0.2, 0.25) is 0 Å².